The maximum absolute atomic E-state index is 11.6. The largest absolute Gasteiger partial charge is 0.385 e. The van der Waals surface area contributed by atoms with Gasteiger partial charge in [0.25, 0.3) is 0 Å². The first-order valence-electron chi connectivity index (χ1n) is 8.15. The number of sulfonamides is 1. The second-order valence-electron chi connectivity index (χ2n) is 6.25. The van der Waals surface area contributed by atoms with E-state index in [4.69, 9.17) is 0 Å². The molecule has 0 unspecified atom stereocenters. The molecule has 0 heterocycles. The SMILES string of the molecule is CC(C)c1ccc(NCCCCCNS(=O)(=O)C(C)C)cc1. The molecule has 0 saturated carbocycles. The van der Waals surface area contributed by atoms with Crippen molar-refractivity contribution in [2.45, 2.75) is 58.1 Å². The second-order valence-corrected chi connectivity index (χ2v) is 8.57. The van der Waals surface area contributed by atoms with E-state index in [-0.39, 0.29) is 5.25 Å². The van der Waals surface area contributed by atoms with E-state index in [1.54, 1.807) is 13.8 Å². The van der Waals surface area contributed by atoms with Crippen molar-refractivity contribution in [3.05, 3.63) is 29.8 Å². The Hall–Kier alpha value is -1.07. The van der Waals surface area contributed by atoms with Gasteiger partial charge in [0.1, 0.15) is 0 Å². The van der Waals surface area contributed by atoms with Crippen LogP contribution in [0.3, 0.4) is 0 Å². The maximum atomic E-state index is 11.6. The third kappa shape index (κ3) is 6.79. The molecule has 0 bridgehead atoms. The van der Waals surface area contributed by atoms with Crippen LogP contribution in [0.5, 0.6) is 0 Å². The Balaban J connectivity index is 2.13. The van der Waals surface area contributed by atoms with Gasteiger partial charge >= 0.3 is 0 Å². The zero-order valence-corrected chi connectivity index (χ0v) is 15.0. The minimum Gasteiger partial charge on any atom is -0.385 e. The molecule has 0 amide bonds. The average molecular weight is 327 g/mol. The number of unbranched alkanes of at least 4 members (excludes halogenated alkanes) is 2. The van der Waals surface area contributed by atoms with E-state index >= 15 is 0 Å². The van der Waals surface area contributed by atoms with E-state index < -0.39 is 10.0 Å². The van der Waals surface area contributed by atoms with Crippen molar-refractivity contribution in [1.29, 1.82) is 0 Å². The van der Waals surface area contributed by atoms with Crippen molar-refractivity contribution in [1.82, 2.24) is 4.72 Å². The number of hydrogen-bond acceptors (Lipinski definition) is 3. The summed E-state index contributed by atoms with van der Waals surface area (Å²) in [6.07, 6.45) is 2.92. The van der Waals surface area contributed by atoms with E-state index in [2.05, 4.69) is 48.2 Å². The molecule has 0 fully saturated rings. The van der Waals surface area contributed by atoms with Crippen molar-refractivity contribution in [2.24, 2.45) is 0 Å². The first-order chi connectivity index (χ1) is 10.3. The van der Waals surface area contributed by atoms with Gasteiger partial charge in [-0.3, -0.25) is 0 Å². The van der Waals surface area contributed by atoms with E-state index in [0.717, 1.165) is 31.5 Å². The van der Waals surface area contributed by atoms with Crippen molar-refractivity contribution in [3.63, 3.8) is 0 Å². The molecule has 126 valence electrons. The van der Waals surface area contributed by atoms with E-state index in [1.807, 2.05) is 0 Å². The molecule has 4 nitrogen and oxygen atoms in total. The number of hydrogen-bond donors (Lipinski definition) is 2. The molecular formula is C17H30N2O2S. The van der Waals surface area contributed by atoms with E-state index in [9.17, 15) is 8.42 Å². The fraction of sp³-hybridized carbons (Fsp3) is 0.647. The second kappa shape index (κ2) is 9.16. The number of rotatable bonds is 10. The molecule has 22 heavy (non-hydrogen) atoms. The molecule has 0 spiro atoms. The van der Waals surface area contributed by atoms with E-state index in [0.29, 0.717) is 12.5 Å². The highest BCUT2D eigenvalue weighted by Gasteiger charge is 2.13. The summed E-state index contributed by atoms with van der Waals surface area (Å²) in [5.74, 6) is 0.559. The zero-order chi connectivity index (χ0) is 16.6. The Labute approximate surface area is 135 Å². The lowest BCUT2D eigenvalue weighted by atomic mass is 10.0. The van der Waals surface area contributed by atoms with Crippen LogP contribution in [0.2, 0.25) is 0 Å². The zero-order valence-electron chi connectivity index (χ0n) is 14.2. The first-order valence-corrected chi connectivity index (χ1v) is 9.70. The first kappa shape index (κ1) is 19.0. The molecule has 0 saturated heterocycles. The molecule has 1 rings (SSSR count). The summed E-state index contributed by atoms with van der Waals surface area (Å²) >= 11 is 0. The van der Waals surface area contributed by atoms with Crippen LogP contribution in [-0.2, 0) is 10.0 Å². The van der Waals surface area contributed by atoms with Gasteiger partial charge in [-0.25, -0.2) is 13.1 Å². The van der Waals surface area contributed by atoms with Crippen LogP contribution in [0.4, 0.5) is 5.69 Å². The average Bonchev–Trinajstić information content (AvgIpc) is 2.46. The lowest BCUT2D eigenvalue weighted by molar-refractivity contribution is 0.566. The fourth-order valence-electron chi connectivity index (χ4n) is 2.03. The van der Waals surface area contributed by atoms with Crippen LogP contribution in [0.15, 0.2) is 24.3 Å². The molecular weight excluding hydrogens is 296 g/mol. The Kier molecular flexibility index (Phi) is 7.90. The van der Waals surface area contributed by atoms with Crippen LogP contribution in [0.1, 0.15) is 58.4 Å². The summed E-state index contributed by atoms with van der Waals surface area (Å²) < 4.78 is 25.7. The quantitative estimate of drug-likeness (QED) is 0.644. The smallest absolute Gasteiger partial charge is 0.213 e. The Morgan fingerprint density at radius 3 is 2.05 bits per heavy atom. The number of anilines is 1. The van der Waals surface area contributed by atoms with Gasteiger partial charge < -0.3 is 5.32 Å². The third-order valence-corrected chi connectivity index (χ3v) is 5.53. The molecule has 0 aliphatic carbocycles. The van der Waals surface area contributed by atoms with Crippen LogP contribution >= 0.6 is 0 Å². The predicted octanol–water partition coefficient (Wildman–Crippen LogP) is 3.72. The molecule has 0 radical (unpaired) electrons. The number of benzene rings is 1. The van der Waals surface area contributed by atoms with Crippen LogP contribution < -0.4 is 10.0 Å². The van der Waals surface area contributed by atoms with Crippen LogP contribution in [-0.4, -0.2) is 26.8 Å². The Morgan fingerprint density at radius 1 is 0.909 bits per heavy atom. The highest BCUT2D eigenvalue weighted by Crippen LogP contribution is 2.17. The minimum absolute atomic E-state index is 0.358. The third-order valence-electron chi connectivity index (χ3n) is 3.68. The summed E-state index contributed by atoms with van der Waals surface area (Å²) in [4.78, 5) is 0. The highest BCUT2D eigenvalue weighted by molar-refractivity contribution is 7.90. The monoisotopic (exact) mass is 326 g/mol. The summed E-state index contributed by atoms with van der Waals surface area (Å²) in [7, 11) is -3.11. The molecule has 0 aliphatic rings. The van der Waals surface area contributed by atoms with Gasteiger partial charge in [0, 0.05) is 18.8 Å². The van der Waals surface area contributed by atoms with Crippen molar-refractivity contribution in [3.8, 4) is 0 Å². The highest BCUT2D eigenvalue weighted by atomic mass is 32.2. The van der Waals surface area contributed by atoms with Gasteiger partial charge in [0.15, 0.2) is 0 Å². The Morgan fingerprint density at radius 2 is 1.50 bits per heavy atom. The lowest BCUT2D eigenvalue weighted by Crippen LogP contribution is -2.31. The summed E-state index contributed by atoms with van der Waals surface area (Å²) in [6, 6.07) is 8.56. The molecule has 0 atom stereocenters. The van der Waals surface area contributed by atoms with Crippen molar-refractivity contribution >= 4 is 15.7 Å². The van der Waals surface area contributed by atoms with Crippen LogP contribution in [0, 0.1) is 0 Å². The molecule has 0 aliphatic heterocycles. The lowest BCUT2D eigenvalue weighted by Gasteiger charge is -2.10. The minimum atomic E-state index is -3.11. The molecule has 2 N–H and O–H groups in total. The van der Waals surface area contributed by atoms with Crippen LogP contribution in [0.25, 0.3) is 0 Å². The standard InChI is InChI=1S/C17H30N2O2S/c1-14(2)16-8-10-17(11-9-16)18-12-6-5-7-13-19-22(20,21)15(3)4/h8-11,14-15,18-19H,5-7,12-13H2,1-4H3. The molecule has 1 aromatic carbocycles. The van der Waals surface area contributed by atoms with Crippen molar-refractivity contribution < 1.29 is 8.42 Å². The fourth-order valence-corrected chi connectivity index (χ4v) is 2.79. The Bertz CT molecular complexity index is 522. The molecule has 0 aromatic heterocycles. The van der Waals surface area contributed by atoms with Gasteiger partial charge in [-0.15, -0.1) is 0 Å². The van der Waals surface area contributed by atoms with Gasteiger partial charge in [-0.1, -0.05) is 32.4 Å². The summed E-state index contributed by atoms with van der Waals surface area (Å²) in [6.45, 7) is 9.21. The van der Waals surface area contributed by atoms with Crippen molar-refractivity contribution in [2.75, 3.05) is 18.4 Å². The predicted molar refractivity (Wildman–Crippen MR) is 94.9 cm³/mol. The summed E-state index contributed by atoms with van der Waals surface area (Å²) in [5, 5.41) is 3.04. The van der Waals surface area contributed by atoms with Gasteiger partial charge in [0.05, 0.1) is 5.25 Å². The molecule has 5 heteroatoms. The van der Waals surface area contributed by atoms with E-state index in [1.165, 1.54) is 5.56 Å². The number of nitrogens with one attached hydrogen (secondary N) is 2. The molecule has 1 aromatic rings. The van der Waals surface area contributed by atoms with Gasteiger partial charge in [-0.2, -0.15) is 0 Å². The van der Waals surface area contributed by atoms with Gasteiger partial charge in [-0.05, 0) is 50.3 Å². The topological polar surface area (TPSA) is 58.2 Å². The summed E-state index contributed by atoms with van der Waals surface area (Å²) in [5.41, 5.74) is 2.49. The normalized spacial score (nSPS) is 12.1. The maximum Gasteiger partial charge on any atom is 0.213 e. The van der Waals surface area contributed by atoms with Gasteiger partial charge in [0.2, 0.25) is 10.0 Å².